The molecule has 0 aliphatic heterocycles. The van der Waals surface area contributed by atoms with Crippen molar-refractivity contribution in [1.82, 2.24) is 0 Å². The first-order valence-corrected chi connectivity index (χ1v) is 4.63. The van der Waals surface area contributed by atoms with Crippen LogP contribution in [-0.2, 0) is 12.8 Å². The Morgan fingerprint density at radius 1 is 1.14 bits per heavy atom. The van der Waals surface area contributed by atoms with E-state index in [1.807, 2.05) is 12.1 Å². The smallest absolute Gasteiger partial charge is 0.191 e. The molecule has 0 saturated carbocycles. The molecule has 14 heavy (non-hydrogen) atoms. The Labute approximate surface area is 83.1 Å². The molecule has 0 amide bonds. The summed E-state index contributed by atoms with van der Waals surface area (Å²) in [6.07, 6.45) is 6.21. The van der Waals surface area contributed by atoms with Crippen LogP contribution in [-0.4, -0.2) is 5.96 Å². The summed E-state index contributed by atoms with van der Waals surface area (Å²) < 4.78 is 0. The highest BCUT2D eigenvalue weighted by molar-refractivity contribution is 5.79. The van der Waals surface area contributed by atoms with E-state index in [9.17, 15) is 0 Å². The molecule has 0 saturated heterocycles. The largest absolute Gasteiger partial charge is 0.370 e. The molecule has 72 valence electrons. The second kappa shape index (κ2) is 3.54. The Hall–Kier alpha value is -1.77. The Morgan fingerprint density at radius 3 is 2.71 bits per heavy atom. The summed E-state index contributed by atoms with van der Waals surface area (Å²) in [4.78, 5) is 4.11. The molecular weight excluding hydrogens is 174 g/mol. The van der Waals surface area contributed by atoms with Crippen LogP contribution in [0, 0.1) is 0 Å². The minimum atomic E-state index is 0.118. The molecule has 0 fully saturated rings. The second-order valence-corrected chi connectivity index (χ2v) is 3.33. The first kappa shape index (κ1) is 8.81. The van der Waals surface area contributed by atoms with Crippen LogP contribution >= 0.6 is 0 Å². The highest BCUT2D eigenvalue weighted by Crippen LogP contribution is 2.26. The van der Waals surface area contributed by atoms with Crippen molar-refractivity contribution in [2.75, 3.05) is 0 Å². The van der Waals surface area contributed by atoms with E-state index in [-0.39, 0.29) is 5.96 Å². The van der Waals surface area contributed by atoms with E-state index in [0.29, 0.717) is 0 Å². The summed E-state index contributed by atoms with van der Waals surface area (Å²) in [5, 5.41) is 0. The van der Waals surface area contributed by atoms with E-state index >= 15 is 0 Å². The van der Waals surface area contributed by atoms with E-state index in [2.05, 4.69) is 23.2 Å². The fourth-order valence-corrected chi connectivity index (χ4v) is 1.70. The predicted octanol–water partition coefficient (Wildman–Crippen LogP) is 1.25. The molecule has 1 aromatic rings. The zero-order valence-corrected chi connectivity index (χ0v) is 7.90. The summed E-state index contributed by atoms with van der Waals surface area (Å²) in [7, 11) is 0. The number of nitrogens with two attached hydrogens (primary N) is 2. The van der Waals surface area contributed by atoms with Crippen molar-refractivity contribution in [3.05, 3.63) is 41.5 Å². The highest BCUT2D eigenvalue weighted by Gasteiger charge is 2.08. The van der Waals surface area contributed by atoms with E-state index in [0.717, 1.165) is 18.5 Å². The maximum Gasteiger partial charge on any atom is 0.191 e. The van der Waals surface area contributed by atoms with Gasteiger partial charge in [0, 0.05) is 0 Å². The van der Waals surface area contributed by atoms with Crippen LogP contribution in [0.1, 0.15) is 11.1 Å². The second-order valence-electron chi connectivity index (χ2n) is 3.33. The van der Waals surface area contributed by atoms with Gasteiger partial charge in [-0.3, -0.25) is 0 Å². The Balaban J connectivity index is 2.48. The number of fused-ring (bicyclic) bond motifs is 1. The van der Waals surface area contributed by atoms with Crippen LogP contribution in [0.2, 0.25) is 0 Å². The van der Waals surface area contributed by atoms with Gasteiger partial charge in [-0.1, -0.05) is 24.3 Å². The third-order valence-corrected chi connectivity index (χ3v) is 2.32. The third-order valence-electron chi connectivity index (χ3n) is 2.32. The molecule has 0 atom stereocenters. The molecule has 4 N–H and O–H groups in total. The summed E-state index contributed by atoms with van der Waals surface area (Å²) in [6.45, 7) is 0. The van der Waals surface area contributed by atoms with Gasteiger partial charge in [-0.05, 0) is 30.0 Å². The summed E-state index contributed by atoms with van der Waals surface area (Å²) in [6, 6.07) is 6.04. The lowest BCUT2D eigenvalue weighted by Crippen LogP contribution is -2.22. The van der Waals surface area contributed by atoms with Crippen LogP contribution in [0.15, 0.2) is 35.3 Å². The highest BCUT2D eigenvalue weighted by atomic mass is 15.0. The Morgan fingerprint density at radius 2 is 1.93 bits per heavy atom. The van der Waals surface area contributed by atoms with Gasteiger partial charge in [-0.2, -0.15) is 0 Å². The normalized spacial score (nSPS) is 13.4. The number of guanidine groups is 1. The summed E-state index contributed by atoms with van der Waals surface area (Å²) in [5.41, 5.74) is 14.2. The first-order valence-electron chi connectivity index (χ1n) is 4.63. The van der Waals surface area contributed by atoms with Crippen molar-refractivity contribution < 1.29 is 0 Å². The number of nitrogens with zero attached hydrogens (tertiary/aromatic N) is 1. The quantitative estimate of drug-likeness (QED) is 0.395. The first-order chi connectivity index (χ1) is 6.77. The SMILES string of the molecule is NC(N)=Nc1cccc2c1CC=CC2. The molecule has 0 aromatic heterocycles. The molecule has 2 rings (SSSR count). The molecular formula is C11H13N3. The molecule has 0 spiro atoms. The third kappa shape index (κ3) is 1.62. The number of aliphatic imine (C=N–C) groups is 1. The van der Waals surface area contributed by atoms with Gasteiger partial charge in [0.15, 0.2) is 5.96 Å². The number of hydrogen-bond acceptors (Lipinski definition) is 1. The topological polar surface area (TPSA) is 64.4 Å². The fraction of sp³-hybridized carbons (Fsp3) is 0.182. The summed E-state index contributed by atoms with van der Waals surface area (Å²) >= 11 is 0. The minimum Gasteiger partial charge on any atom is -0.370 e. The van der Waals surface area contributed by atoms with Crippen LogP contribution in [0.3, 0.4) is 0 Å². The van der Waals surface area contributed by atoms with Gasteiger partial charge >= 0.3 is 0 Å². The lowest BCUT2D eigenvalue weighted by atomic mass is 9.95. The number of rotatable bonds is 1. The zero-order chi connectivity index (χ0) is 9.97. The van der Waals surface area contributed by atoms with Crippen molar-refractivity contribution in [3.63, 3.8) is 0 Å². The number of hydrogen-bond donors (Lipinski definition) is 2. The maximum atomic E-state index is 5.37. The van der Waals surface area contributed by atoms with Crippen molar-refractivity contribution in [2.24, 2.45) is 16.5 Å². The average Bonchev–Trinajstić information content (AvgIpc) is 2.18. The van der Waals surface area contributed by atoms with E-state index in [1.165, 1.54) is 11.1 Å². The fourth-order valence-electron chi connectivity index (χ4n) is 1.70. The van der Waals surface area contributed by atoms with Crippen LogP contribution in [0.25, 0.3) is 0 Å². The van der Waals surface area contributed by atoms with Crippen molar-refractivity contribution >= 4 is 11.6 Å². The van der Waals surface area contributed by atoms with Gasteiger partial charge in [0.2, 0.25) is 0 Å². The predicted molar refractivity (Wildman–Crippen MR) is 58.5 cm³/mol. The van der Waals surface area contributed by atoms with Gasteiger partial charge in [0.25, 0.3) is 0 Å². The number of benzene rings is 1. The van der Waals surface area contributed by atoms with Gasteiger partial charge in [0.05, 0.1) is 5.69 Å². The lowest BCUT2D eigenvalue weighted by Gasteiger charge is -2.12. The van der Waals surface area contributed by atoms with Crippen LogP contribution < -0.4 is 11.5 Å². The lowest BCUT2D eigenvalue weighted by molar-refractivity contribution is 1.09. The van der Waals surface area contributed by atoms with E-state index in [1.54, 1.807) is 0 Å². The van der Waals surface area contributed by atoms with E-state index in [4.69, 9.17) is 11.5 Å². The minimum absolute atomic E-state index is 0.118. The molecule has 0 bridgehead atoms. The molecule has 3 nitrogen and oxygen atoms in total. The molecule has 0 radical (unpaired) electrons. The maximum absolute atomic E-state index is 5.37. The molecule has 3 heteroatoms. The molecule has 0 unspecified atom stereocenters. The zero-order valence-electron chi connectivity index (χ0n) is 7.90. The van der Waals surface area contributed by atoms with Crippen molar-refractivity contribution in [3.8, 4) is 0 Å². The number of allylic oxidation sites excluding steroid dienone is 2. The molecule has 1 aromatic carbocycles. The van der Waals surface area contributed by atoms with Gasteiger partial charge in [0.1, 0.15) is 0 Å². The molecule has 1 aliphatic carbocycles. The van der Waals surface area contributed by atoms with Crippen molar-refractivity contribution in [2.45, 2.75) is 12.8 Å². The van der Waals surface area contributed by atoms with Gasteiger partial charge in [-0.25, -0.2) is 4.99 Å². The molecule has 1 aliphatic rings. The van der Waals surface area contributed by atoms with Crippen LogP contribution in [0.5, 0.6) is 0 Å². The van der Waals surface area contributed by atoms with Gasteiger partial charge in [-0.15, -0.1) is 0 Å². The average molecular weight is 187 g/mol. The van der Waals surface area contributed by atoms with Crippen LogP contribution in [0.4, 0.5) is 5.69 Å². The monoisotopic (exact) mass is 187 g/mol. The Kier molecular flexibility index (Phi) is 2.23. The standard InChI is InChI=1S/C11H13N3/c12-11(13)14-10-7-3-5-8-4-1-2-6-9(8)10/h1-3,5,7H,4,6H2,(H4,12,13,14). The van der Waals surface area contributed by atoms with E-state index < -0.39 is 0 Å². The molecule has 0 heterocycles. The Bertz CT molecular complexity index is 401. The van der Waals surface area contributed by atoms with Crippen molar-refractivity contribution in [1.29, 1.82) is 0 Å². The van der Waals surface area contributed by atoms with Gasteiger partial charge < -0.3 is 11.5 Å². The summed E-state index contributed by atoms with van der Waals surface area (Å²) in [5.74, 6) is 0.118.